The number of nitrogens with one attached hydrogen (secondary N) is 1. The van der Waals surface area contributed by atoms with Crippen LogP contribution in [0, 0.1) is 6.92 Å². The summed E-state index contributed by atoms with van der Waals surface area (Å²) in [6.45, 7) is 4.07. The lowest BCUT2D eigenvalue weighted by molar-refractivity contribution is 0.0900. The average molecular weight is 431 g/mol. The molecule has 1 aliphatic heterocycles. The van der Waals surface area contributed by atoms with Crippen molar-refractivity contribution < 1.29 is 17.9 Å². The number of benzene rings is 2. The molecular weight excluding hydrogens is 400 g/mol. The van der Waals surface area contributed by atoms with Crippen molar-refractivity contribution in [2.45, 2.75) is 44.1 Å². The number of carbonyl (C=O) groups is 1. The van der Waals surface area contributed by atoms with E-state index in [4.69, 9.17) is 4.74 Å². The Balaban J connectivity index is 1.59. The van der Waals surface area contributed by atoms with Gasteiger partial charge in [-0.05, 0) is 43.0 Å². The fourth-order valence-corrected chi connectivity index (χ4v) is 5.31. The van der Waals surface area contributed by atoms with E-state index < -0.39 is 10.0 Å². The van der Waals surface area contributed by atoms with Gasteiger partial charge in [-0.25, -0.2) is 8.42 Å². The summed E-state index contributed by atoms with van der Waals surface area (Å²) in [7, 11) is -3.60. The zero-order chi connectivity index (χ0) is 21.4. The maximum absolute atomic E-state index is 13.1. The van der Waals surface area contributed by atoms with Crippen molar-refractivity contribution >= 4 is 15.9 Å². The molecule has 162 valence electrons. The van der Waals surface area contributed by atoms with E-state index in [0.29, 0.717) is 44.0 Å². The molecule has 0 spiro atoms. The molecule has 0 radical (unpaired) electrons. The summed E-state index contributed by atoms with van der Waals surface area (Å²) in [5.41, 5.74) is 2.07. The number of hydrogen-bond acceptors (Lipinski definition) is 4. The van der Waals surface area contributed by atoms with Gasteiger partial charge in [-0.2, -0.15) is 4.31 Å². The molecule has 0 bridgehead atoms. The van der Waals surface area contributed by atoms with Gasteiger partial charge in [0.15, 0.2) is 0 Å². The minimum absolute atomic E-state index is 0.220. The molecule has 1 amide bonds. The molecule has 3 rings (SSSR count). The monoisotopic (exact) mass is 430 g/mol. The quantitative estimate of drug-likeness (QED) is 0.651. The molecule has 2 aromatic rings. The molecule has 7 heteroatoms. The maximum atomic E-state index is 13.1. The SMILES string of the molecule is Cc1ccc(C(=O)NCCOCc2ccccc2)cc1S(=O)(=O)N1CCCCCC1. The van der Waals surface area contributed by atoms with Crippen LogP contribution in [-0.4, -0.2) is 44.9 Å². The van der Waals surface area contributed by atoms with Crippen molar-refractivity contribution in [3.8, 4) is 0 Å². The lowest BCUT2D eigenvalue weighted by Gasteiger charge is -2.21. The molecule has 0 aromatic heterocycles. The van der Waals surface area contributed by atoms with E-state index in [0.717, 1.165) is 31.2 Å². The molecule has 0 saturated carbocycles. The van der Waals surface area contributed by atoms with Gasteiger partial charge >= 0.3 is 0 Å². The zero-order valence-electron chi connectivity index (χ0n) is 17.5. The minimum Gasteiger partial charge on any atom is -0.375 e. The number of nitrogens with zero attached hydrogens (tertiary/aromatic N) is 1. The number of sulfonamides is 1. The largest absolute Gasteiger partial charge is 0.375 e. The first-order valence-corrected chi connectivity index (χ1v) is 11.9. The lowest BCUT2D eigenvalue weighted by Crippen LogP contribution is -2.33. The van der Waals surface area contributed by atoms with Gasteiger partial charge in [-0.3, -0.25) is 4.79 Å². The molecule has 1 fully saturated rings. The predicted molar refractivity (Wildman–Crippen MR) is 117 cm³/mol. The number of ether oxygens (including phenoxy) is 1. The first-order chi connectivity index (χ1) is 14.5. The van der Waals surface area contributed by atoms with Crippen LogP contribution in [0.15, 0.2) is 53.4 Å². The smallest absolute Gasteiger partial charge is 0.251 e. The molecular formula is C23H30N2O4S. The van der Waals surface area contributed by atoms with Gasteiger partial charge in [0, 0.05) is 25.2 Å². The Kier molecular flexibility index (Phi) is 8.01. The maximum Gasteiger partial charge on any atom is 0.251 e. The summed E-state index contributed by atoms with van der Waals surface area (Å²) in [4.78, 5) is 12.7. The Bertz CT molecular complexity index is 937. The molecule has 1 heterocycles. The van der Waals surface area contributed by atoms with E-state index in [1.165, 1.54) is 6.07 Å². The molecule has 0 aliphatic carbocycles. The van der Waals surface area contributed by atoms with E-state index >= 15 is 0 Å². The van der Waals surface area contributed by atoms with Crippen LogP contribution in [0.25, 0.3) is 0 Å². The third-order valence-electron chi connectivity index (χ3n) is 5.28. The summed E-state index contributed by atoms with van der Waals surface area (Å²) in [6.07, 6.45) is 3.86. The number of aryl methyl sites for hydroxylation is 1. The van der Waals surface area contributed by atoms with E-state index in [1.807, 2.05) is 30.3 Å². The Morgan fingerprint density at radius 3 is 2.43 bits per heavy atom. The molecule has 0 unspecified atom stereocenters. The van der Waals surface area contributed by atoms with Crippen LogP contribution in [0.4, 0.5) is 0 Å². The lowest BCUT2D eigenvalue weighted by atomic mass is 10.1. The van der Waals surface area contributed by atoms with Crippen molar-refractivity contribution in [2.75, 3.05) is 26.2 Å². The van der Waals surface area contributed by atoms with E-state index in [2.05, 4.69) is 5.32 Å². The number of carbonyl (C=O) groups excluding carboxylic acids is 1. The van der Waals surface area contributed by atoms with Gasteiger partial charge in [0.2, 0.25) is 10.0 Å². The zero-order valence-corrected chi connectivity index (χ0v) is 18.3. The highest BCUT2D eigenvalue weighted by molar-refractivity contribution is 7.89. The number of rotatable bonds is 8. The van der Waals surface area contributed by atoms with Gasteiger partial charge in [-0.15, -0.1) is 0 Å². The number of amides is 1. The minimum atomic E-state index is -3.60. The normalized spacial score (nSPS) is 15.5. The highest BCUT2D eigenvalue weighted by Gasteiger charge is 2.27. The summed E-state index contributed by atoms with van der Waals surface area (Å²) < 4.78 is 33.4. The predicted octanol–water partition coefficient (Wildman–Crippen LogP) is 3.51. The fraction of sp³-hybridized carbons (Fsp3) is 0.435. The Labute approximate surface area is 179 Å². The van der Waals surface area contributed by atoms with E-state index in [9.17, 15) is 13.2 Å². The summed E-state index contributed by atoms with van der Waals surface area (Å²) >= 11 is 0. The van der Waals surface area contributed by atoms with E-state index in [1.54, 1.807) is 23.4 Å². The topological polar surface area (TPSA) is 75.7 Å². The standard InChI is InChI=1S/C23H30N2O4S/c1-19-11-12-21(17-22(19)30(27,28)25-14-7-2-3-8-15-25)23(26)24-13-16-29-18-20-9-5-4-6-10-20/h4-6,9-12,17H,2-3,7-8,13-16,18H2,1H3,(H,24,26). The highest BCUT2D eigenvalue weighted by atomic mass is 32.2. The molecule has 2 aromatic carbocycles. The van der Waals surface area contributed by atoms with Crippen LogP contribution in [0.5, 0.6) is 0 Å². The first-order valence-electron chi connectivity index (χ1n) is 10.5. The van der Waals surface area contributed by atoms with Crippen LogP contribution in [0.1, 0.15) is 47.2 Å². The van der Waals surface area contributed by atoms with Gasteiger partial charge in [0.25, 0.3) is 5.91 Å². The second-order valence-corrected chi connectivity index (χ2v) is 9.50. The van der Waals surface area contributed by atoms with Crippen LogP contribution in [0.2, 0.25) is 0 Å². The molecule has 30 heavy (non-hydrogen) atoms. The van der Waals surface area contributed by atoms with Crippen LogP contribution in [0.3, 0.4) is 0 Å². The third-order valence-corrected chi connectivity index (χ3v) is 7.32. The van der Waals surface area contributed by atoms with E-state index in [-0.39, 0.29) is 10.8 Å². The second-order valence-electron chi connectivity index (χ2n) is 7.59. The first kappa shape index (κ1) is 22.5. The average Bonchev–Trinajstić information content (AvgIpc) is 3.04. The number of hydrogen-bond donors (Lipinski definition) is 1. The van der Waals surface area contributed by atoms with Crippen molar-refractivity contribution in [2.24, 2.45) is 0 Å². The Hall–Kier alpha value is -2.22. The van der Waals surface area contributed by atoms with Crippen molar-refractivity contribution in [1.82, 2.24) is 9.62 Å². The van der Waals surface area contributed by atoms with Gasteiger partial charge in [-0.1, -0.05) is 49.2 Å². The van der Waals surface area contributed by atoms with Crippen molar-refractivity contribution in [3.05, 3.63) is 65.2 Å². The van der Waals surface area contributed by atoms with Crippen LogP contribution < -0.4 is 5.32 Å². The second kappa shape index (κ2) is 10.7. The third kappa shape index (κ3) is 5.90. The van der Waals surface area contributed by atoms with Crippen LogP contribution >= 0.6 is 0 Å². The molecule has 1 saturated heterocycles. The molecule has 0 atom stereocenters. The highest BCUT2D eigenvalue weighted by Crippen LogP contribution is 2.24. The molecule has 1 aliphatic rings. The summed E-state index contributed by atoms with van der Waals surface area (Å²) in [5, 5.41) is 2.80. The Morgan fingerprint density at radius 1 is 1.03 bits per heavy atom. The van der Waals surface area contributed by atoms with Gasteiger partial charge in [0.1, 0.15) is 0 Å². The summed E-state index contributed by atoms with van der Waals surface area (Å²) in [5.74, 6) is -0.300. The fourth-order valence-electron chi connectivity index (χ4n) is 3.54. The molecule has 1 N–H and O–H groups in total. The van der Waals surface area contributed by atoms with Crippen molar-refractivity contribution in [3.63, 3.8) is 0 Å². The molecule has 6 nitrogen and oxygen atoms in total. The summed E-state index contributed by atoms with van der Waals surface area (Å²) in [6, 6.07) is 14.7. The Morgan fingerprint density at radius 2 is 1.73 bits per heavy atom. The van der Waals surface area contributed by atoms with Crippen molar-refractivity contribution in [1.29, 1.82) is 0 Å². The van der Waals surface area contributed by atoms with Crippen LogP contribution in [-0.2, 0) is 21.4 Å². The van der Waals surface area contributed by atoms with Gasteiger partial charge in [0.05, 0.1) is 18.1 Å². The van der Waals surface area contributed by atoms with Gasteiger partial charge < -0.3 is 10.1 Å².